The predicted octanol–water partition coefficient (Wildman–Crippen LogP) is 3.20. The molecule has 0 saturated heterocycles. The minimum atomic E-state index is 0.220. The lowest BCUT2D eigenvalue weighted by Gasteiger charge is -2.30. The fraction of sp³-hybridized carbons (Fsp3) is 0.571. The van der Waals surface area contributed by atoms with Crippen molar-refractivity contribution in [1.82, 2.24) is 0 Å². The van der Waals surface area contributed by atoms with E-state index in [2.05, 4.69) is 50.8 Å². The molecule has 2 nitrogen and oxygen atoms in total. The van der Waals surface area contributed by atoms with Gasteiger partial charge in [-0.1, -0.05) is 19.9 Å². The van der Waals surface area contributed by atoms with Crippen LogP contribution in [0.15, 0.2) is 18.2 Å². The van der Waals surface area contributed by atoms with Gasteiger partial charge in [-0.15, -0.1) is 0 Å². The largest absolute Gasteiger partial charge is 0.497 e. The molecule has 88 valence electrons. The molecule has 0 radical (unpaired) electrons. The molecule has 1 heterocycles. The van der Waals surface area contributed by atoms with E-state index in [-0.39, 0.29) is 5.41 Å². The summed E-state index contributed by atoms with van der Waals surface area (Å²) in [4.78, 5) is 2.46. The van der Waals surface area contributed by atoms with Crippen molar-refractivity contribution >= 4 is 5.69 Å². The smallest absolute Gasteiger partial charge is 0.120 e. The molecule has 0 amide bonds. The van der Waals surface area contributed by atoms with Crippen LogP contribution in [0.1, 0.15) is 33.3 Å². The monoisotopic (exact) mass is 219 g/mol. The van der Waals surface area contributed by atoms with Crippen LogP contribution in [0.2, 0.25) is 0 Å². The highest BCUT2D eigenvalue weighted by Crippen LogP contribution is 2.46. The molecular weight excluding hydrogens is 198 g/mol. The summed E-state index contributed by atoms with van der Waals surface area (Å²) in [6, 6.07) is 6.97. The van der Waals surface area contributed by atoms with Gasteiger partial charge in [-0.05, 0) is 25.5 Å². The lowest BCUT2D eigenvalue weighted by molar-refractivity contribution is 0.414. The highest BCUT2D eigenvalue weighted by atomic mass is 16.5. The second kappa shape index (κ2) is 3.69. The van der Waals surface area contributed by atoms with Crippen LogP contribution in [0.4, 0.5) is 5.69 Å². The van der Waals surface area contributed by atoms with E-state index in [9.17, 15) is 0 Å². The molecule has 1 aromatic carbocycles. The van der Waals surface area contributed by atoms with Gasteiger partial charge in [-0.25, -0.2) is 0 Å². The number of likely N-dealkylation sites (N-methyl/N-ethyl adjacent to an activating group) is 1. The Morgan fingerprint density at radius 2 is 2.06 bits per heavy atom. The Labute approximate surface area is 98.2 Å². The van der Waals surface area contributed by atoms with Crippen LogP contribution in [-0.4, -0.2) is 19.7 Å². The Balaban J connectivity index is 2.55. The second-order valence-electron chi connectivity index (χ2n) is 5.07. The standard InChI is InChI=1S/C14H21NO/c1-6-15-10(2)14(3,4)12-8-7-11(16-5)9-13(12)15/h7-10H,6H2,1-5H3. The first-order valence-electron chi connectivity index (χ1n) is 5.97. The van der Waals surface area contributed by atoms with Gasteiger partial charge in [0.05, 0.1) is 7.11 Å². The topological polar surface area (TPSA) is 12.5 Å². The summed E-state index contributed by atoms with van der Waals surface area (Å²) < 4.78 is 5.31. The van der Waals surface area contributed by atoms with E-state index in [1.165, 1.54) is 11.3 Å². The summed E-state index contributed by atoms with van der Waals surface area (Å²) >= 11 is 0. The molecule has 1 atom stereocenters. The number of benzene rings is 1. The number of anilines is 1. The van der Waals surface area contributed by atoms with Gasteiger partial charge in [-0.3, -0.25) is 0 Å². The number of ether oxygens (including phenoxy) is 1. The summed E-state index contributed by atoms with van der Waals surface area (Å²) in [7, 11) is 1.72. The molecule has 0 bridgehead atoms. The fourth-order valence-corrected chi connectivity index (χ4v) is 2.69. The lowest BCUT2D eigenvalue weighted by atomic mass is 9.81. The number of hydrogen-bond donors (Lipinski definition) is 0. The molecule has 1 aliphatic rings. The van der Waals surface area contributed by atoms with Crippen LogP contribution < -0.4 is 9.64 Å². The van der Waals surface area contributed by atoms with Gasteiger partial charge in [0, 0.05) is 29.8 Å². The zero-order valence-electron chi connectivity index (χ0n) is 10.9. The molecule has 2 heteroatoms. The Hall–Kier alpha value is -1.18. The third-order valence-corrected chi connectivity index (χ3v) is 4.06. The highest BCUT2D eigenvalue weighted by Gasteiger charge is 2.41. The first kappa shape index (κ1) is 11.3. The molecule has 16 heavy (non-hydrogen) atoms. The maximum absolute atomic E-state index is 5.31. The van der Waals surface area contributed by atoms with Gasteiger partial charge in [0.2, 0.25) is 0 Å². The zero-order chi connectivity index (χ0) is 11.9. The first-order chi connectivity index (χ1) is 7.52. The maximum atomic E-state index is 5.31. The molecule has 0 aliphatic carbocycles. The Bertz CT molecular complexity index is 398. The van der Waals surface area contributed by atoms with E-state index in [1.54, 1.807) is 7.11 Å². The minimum Gasteiger partial charge on any atom is -0.497 e. The zero-order valence-corrected chi connectivity index (χ0v) is 10.9. The van der Waals surface area contributed by atoms with Crippen molar-refractivity contribution < 1.29 is 4.74 Å². The van der Waals surface area contributed by atoms with E-state index in [0.29, 0.717) is 6.04 Å². The van der Waals surface area contributed by atoms with E-state index >= 15 is 0 Å². The van der Waals surface area contributed by atoms with Crippen LogP contribution in [0, 0.1) is 0 Å². The normalized spacial score (nSPS) is 22.1. The summed E-state index contributed by atoms with van der Waals surface area (Å²) in [5, 5.41) is 0. The Morgan fingerprint density at radius 3 is 2.62 bits per heavy atom. The molecular formula is C14H21NO. The van der Waals surface area contributed by atoms with E-state index in [4.69, 9.17) is 4.74 Å². The van der Waals surface area contributed by atoms with Crippen molar-refractivity contribution in [3.8, 4) is 5.75 Å². The van der Waals surface area contributed by atoms with Crippen LogP contribution >= 0.6 is 0 Å². The van der Waals surface area contributed by atoms with E-state index in [1.807, 2.05) is 0 Å². The van der Waals surface area contributed by atoms with Crippen molar-refractivity contribution in [2.75, 3.05) is 18.6 Å². The average molecular weight is 219 g/mol. The Kier molecular flexibility index (Phi) is 2.61. The number of hydrogen-bond acceptors (Lipinski definition) is 2. The molecule has 0 fully saturated rings. The number of nitrogens with zero attached hydrogens (tertiary/aromatic N) is 1. The third kappa shape index (κ3) is 1.40. The molecule has 0 aromatic heterocycles. The van der Waals surface area contributed by atoms with Crippen molar-refractivity contribution in [2.24, 2.45) is 0 Å². The lowest BCUT2D eigenvalue weighted by Crippen LogP contribution is -2.38. The van der Waals surface area contributed by atoms with Crippen LogP contribution in [0.3, 0.4) is 0 Å². The maximum Gasteiger partial charge on any atom is 0.120 e. The SMILES string of the molecule is CCN1c2cc(OC)ccc2C(C)(C)C1C. The van der Waals surface area contributed by atoms with Gasteiger partial charge in [0.1, 0.15) is 5.75 Å². The van der Waals surface area contributed by atoms with Crippen molar-refractivity contribution in [3.05, 3.63) is 23.8 Å². The molecule has 2 rings (SSSR count). The van der Waals surface area contributed by atoms with Gasteiger partial charge in [0.25, 0.3) is 0 Å². The molecule has 1 unspecified atom stereocenters. The molecule has 0 spiro atoms. The Morgan fingerprint density at radius 1 is 1.38 bits per heavy atom. The second-order valence-corrected chi connectivity index (χ2v) is 5.07. The van der Waals surface area contributed by atoms with Crippen molar-refractivity contribution in [2.45, 2.75) is 39.2 Å². The van der Waals surface area contributed by atoms with Gasteiger partial charge < -0.3 is 9.64 Å². The van der Waals surface area contributed by atoms with Crippen molar-refractivity contribution in [1.29, 1.82) is 0 Å². The van der Waals surface area contributed by atoms with Crippen molar-refractivity contribution in [3.63, 3.8) is 0 Å². The van der Waals surface area contributed by atoms with Gasteiger partial charge >= 0.3 is 0 Å². The molecule has 1 aromatic rings. The fourth-order valence-electron chi connectivity index (χ4n) is 2.69. The quantitative estimate of drug-likeness (QED) is 0.757. The minimum absolute atomic E-state index is 0.220. The van der Waals surface area contributed by atoms with Gasteiger partial charge in [0.15, 0.2) is 0 Å². The molecule has 0 saturated carbocycles. The van der Waals surface area contributed by atoms with Crippen LogP contribution in [0.25, 0.3) is 0 Å². The number of fused-ring (bicyclic) bond motifs is 1. The van der Waals surface area contributed by atoms with Crippen LogP contribution in [0.5, 0.6) is 5.75 Å². The van der Waals surface area contributed by atoms with E-state index in [0.717, 1.165) is 12.3 Å². The summed E-state index contributed by atoms with van der Waals surface area (Å²) in [5.41, 5.74) is 2.99. The summed E-state index contributed by atoms with van der Waals surface area (Å²) in [5.74, 6) is 0.946. The summed E-state index contributed by atoms with van der Waals surface area (Å²) in [6.07, 6.45) is 0. The first-order valence-corrected chi connectivity index (χ1v) is 5.97. The predicted molar refractivity (Wildman–Crippen MR) is 68.5 cm³/mol. The van der Waals surface area contributed by atoms with Crippen LogP contribution in [-0.2, 0) is 5.41 Å². The average Bonchev–Trinajstić information content (AvgIpc) is 2.47. The number of methoxy groups -OCH3 is 1. The molecule has 1 aliphatic heterocycles. The third-order valence-electron chi connectivity index (χ3n) is 4.06. The van der Waals surface area contributed by atoms with Gasteiger partial charge in [-0.2, -0.15) is 0 Å². The summed E-state index contributed by atoms with van der Waals surface area (Å²) in [6.45, 7) is 10.2. The number of rotatable bonds is 2. The highest BCUT2D eigenvalue weighted by molar-refractivity contribution is 5.66. The van der Waals surface area contributed by atoms with E-state index < -0.39 is 0 Å². The molecule has 0 N–H and O–H groups in total.